The van der Waals surface area contributed by atoms with Crippen LogP contribution in [0.4, 0.5) is 11.4 Å². The maximum Gasteiger partial charge on any atom is 0.267 e. The minimum absolute atomic E-state index is 0.0488. The highest BCUT2D eigenvalue weighted by Gasteiger charge is 2.33. The van der Waals surface area contributed by atoms with Crippen molar-refractivity contribution in [3.63, 3.8) is 0 Å². The van der Waals surface area contributed by atoms with Gasteiger partial charge in [0.1, 0.15) is 10.6 Å². The van der Waals surface area contributed by atoms with Crippen LogP contribution in [-0.2, 0) is 14.8 Å². The molecule has 2 aromatic carbocycles. The molecule has 1 N–H and O–H groups in total. The molecule has 0 bridgehead atoms. The largest absolute Gasteiger partial charge is 0.478 e. The molecule has 1 aliphatic rings. The van der Waals surface area contributed by atoms with E-state index in [9.17, 15) is 13.2 Å². The molecular weight excluding hydrogens is 408 g/mol. The van der Waals surface area contributed by atoms with Gasteiger partial charge in [0.25, 0.3) is 15.9 Å². The Morgan fingerprint density at radius 1 is 1.24 bits per heavy atom. The molecule has 0 spiro atoms. The van der Waals surface area contributed by atoms with Crippen LogP contribution in [0.1, 0.15) is 13.3 Å². The van der Waals surface area contributed by atoms with Gasteiger partial charge < -0.3 is 9.64 Å². The number of hydrogen-bond acceptors (Lipinski definition) is 4. The highest BCUT2D eigenvalue weighted by Crippen LogP contribution is 2.40. The summed E-state index contributed by atoms with van der Waals surface area (Å²) in [4.78, 5) is 13.7. The van der Waals surface area contributed by atoms with E-state index in [2.05, 4.69) is 20.7 Å². The van der Waals surface area contributed by atoms with Gasteiger partial charge in [-0.05, 0) is 40.5 Å². The van der Waals surface area contributed by atoms with Crippen LogP contribution in [0.15, 0.2) is 51.8 Å². The maximum atomic E-state index is 12.7. The SMILES string of the molecule is CCC1Oc2cc(S(=O)(=O)Nc3ccccc3)c(Br)cc2N(C)C1=O. The van der Waals surface area contributed by atoms with Crippen molar-refractivity contribution in [2.45, 2.75) is 24.3 Å². The zero-order chi connectivity index (χ0) is 18.2. The van der Waals surface area contributed by atoms with Gasteiger partial charge >= 0.3 is 0 Å². The number of benzene rings is 2. The number of sulfonamides is 1. The van der Waals surface area contributed by atoms with Crippen molar-refractivity contribution < 1.29 is 17.9 Å². The molecule has 2 aromatic rings. The molecule has 1 aliphatic heterocycles. The lowest BCUT2D eigenvalue weighted by atomic mass is 10.1. The first-order valence-corrected chi connectivity index (χ1v) is 9.96. The van der Waals surface area contributed by atoms with Gasteiger partial charge in [0.15, 0.2) is 6.10 Å². The first-order valence-electron chi connectivity index (χ1n) is 7.69. The van der Waals surface area contributed by atoms with E-state index >= 15 is 0 Å². The van der Waals surface area contributed by atoms with Crippen LogP contribution in [-0.4, -0.2) is 27.5 Å². The number of ether oxygens (including phenoxy) is 1. The average molecular weight is 425 g/mol. The van der Waals surface area contributed by atoms with E-state index in [0.29, 0.717) is 28.0 Å². The normalized spacial score (nSPS) is 17.0. The Balaban J connectivity index is 2.03. The topological polar surface area (TPSA) is 75.7 Å². The highest BCUT2D eigenvalue weighted by atomic mass is 79.9. The van der Waals surface area contributed by atoms with Crippen LogP contribution >= 0.6 is 15.9 Å². The smallest absolute Gasteiger partial charge is 0.267 e. The van der Waals surface area contributed by atoms with Crippen molar-refractivity contribution in [1.29, 1.82) is 0 Å². The summed E-state index contributed by atoms with van der Waals surface area (Å²) in [5.41, 5.74) is 0.993. The van der Waals surface area contributed by atoms with Crippen molar-refractivity contribution in [1.82, 2.24) is 0 Å². The van der Waals surface area contributed by atoms with Crippen LogP contribution in [0, 0.1) is 0 Å². The second-order valence-corrected chi connectivity index (χ2v) is 8.14. The van der Waals surface area contributed by atoms with Crippen molar-refractivity contribution >= 4 is 43.2 Å². The van der Waals surface area contributed by atoms with Crippen molar-refractivity contribution in [3.8, 4) is 5.75 Å². The number of nitrogens with one attached hydrogen (secondary N) is 1. The van der Waals surface area contributed by atoms with E-state index in [1.165, 1.54) is 11.0 Å². The number of hydrogen-bond donors (Lipinski definition) is 1. The second kappa shape index (κ2) is 6.68. The fraction of sp³-hybridized carbons (Fsp3) is 0.235. The zero-order valence-electron chi connectivity index (χ0n) is 13.7. The lowest BCUT2D eigenvalue weighted by Gasteiger charge is -2.32. The Morgan fingerprint density at radius 2 is 1.92 bits per heavy atom. The van der Waals surface area contributed by atoms with E-state index in [1.54, 1.807) is 43.4 Å². The number of carbonyl (C=O) groups is 1. The molecule has 0 radical (unpaired) electrons. The van der Waals surface area contributed by atoms with E-state index in [0.717, 1.165) is 0 Å². The Labute approximate surface area is 155 Å². The van der Waals surface area contributed by atoms with Gasteiger partial charge in [-0.15, -0.1) is 0 Å². The van der Waals surface area contributed by atoms with Gasteiger partial charge in [-0.2, -0.15) is 0 Å². The van der Waals surface area contributed by atoms with Crippen LogP contribution in [0.2, 0.25) is 0 Å². The molecule has 1 heterocycles. The molecule has 8 heteroatoms. The molecule has 25 heavy (non-hydrogen) atoms. The van der Waals surface area contributed by atoms with Crippen LogP contribution in [0.5, 0.6) is 5.75 Å². The van der Waals surface area contributed by atoms with Crippen molar-refractivity contribution in [2.24, 2.45) is 0 Å². The molecule has 6 nitrogen and oxygen atoms in total. The summed E-state index contributed by atoms with van der Waals surface area (Å²) >= 11 is 3.29. The number of amides is 1. The molecule has 0 aliphatic carbocycles. The summed E-state index contributed by atoms with van der Waals surface area (Å²) in [6.07, 6.45) is -0.112. The third-order valence-electron chi connectivity index (χ3n) is 3.94. The van der Waals surface area contributed by atoms with E-state index in [4.69, 9.17) is 4.74 Å². The standard InChI is InChI=1S/C17H17BrN2O4S/c1-3-14-17(21)20(2)13-9-12(18)16(10-15(13)24-14)25(22,23)19-11-7-5-4-6-8-11/h4-10,14,19H,3H2,1-2H3. The van der Waals surface area contributed by atoms with Gasteiger partial charge in [-0.3, -0.25) is 9.52 Å². The van der Waals surface area contributed by atoms with Gasteiger partial charge in [0.05, 0.1) is 5.69 Å². The van der Waals surface area contributed by atoms with Crippen LogP contribution < -0.4 is 14.4 Å². The first kappa shape index (κ1) is 17.8. The average Bonchev–Trinajstić information content (AvgIpc) is 2.58. The maximum absolute atomic E-state index is 12.7. The third-order valence-corrected chi connectivity index (χ3v) is 6.28. The van der Waals surface area contributed by atoms with Crippen LogP contribution in [0.3, 0.4) is 0 Å². The minimum atomic E-state index is -3.81. The Morgan fingerprint density at radius 3 is 2.56 bits per heavy atom. The molecule has 1 atom stereocenters. The first-order chi connectivity index (χ1) is 11.8. The van der Waals surface area contributed by atoms with E-state index in [-0.39, 0.29) is 10.8 Å². The summed E-state index contributed by atoms with van der Waals surface area (Å²) in [6.45, 7) is 1.84. The fourth-order valence-electron chi connectivity index (χ4n) is 2.60. The van der Waals surface area contributed by atoms with Gasteiger partial charge in [-0.1, -0.05) is 25.1 Å². The van der Waals surface area contributed by atoms with Crippen molar-refractivity contribution in [3.05, 3.63) is 46.9 Å². The molecule has 0 aromatic heterocycles. The molecule has 1 amide bonds. The number of halogens is 1. The number of para-hydroxylation sites is 1. The van der Waals surface area contributed by atoms with E-state index < -0.39 is 16.1 Å². The summed E-state index contributed by atoms with van der Waals surface area (Å²) in [5, 5.41) is 0. The second-order valence-electron chi connectivity index (χ2n) is 5.63. The molecule has 0 saturated carbocycles. The number of nitrogens with zero attached hydrogens (tertiary/aromatic N) is 1. The summed E-state index contributed by atoms with van der Waals surface area (Å²) in [5.74, 6) is 0.213. The quantitative estimate of drug-likeness (QED) is 0.815. The van der Waals surface area contributed by atoms with Gasteiger partial charge in [0, 0.05) is 23.3 Å². The lowest BCUT2D eigenvalue weighted by Crippen LogP contribution is -2.43. The molecule has 0 fully saturated rings. The predicted molar refractivity (Wildman–Crippen MR) is 99.5 cm³/mol. The summed E-state index contributed by atoms with van der Waals surface area (Å²) in [7, 11) is -2.17. The number of carbonyl (C=O) groups excluding carboxylic acids is 1. The summed E-state index contributed by atoms with van der Waals surface area (Å²) in [6, 6.07) is 11.7. The Hall–Kier alpha value is -2.06. The summed E-state index contributed by atoms with van der Waals surface area (Å²) < 4.78 is 34.0. The zero-order valence-corrected chi connectivity index (χ0v) is 16.1. The minimum Gasteiger partial charge on any atom is -0.478 e. The van der Waals surface area contributed by atoms with Crippen molar-refractivity contribution in [2.75, 3.05) is 16.7 Å². The Bertz CT molecular complexity index is 916. The number of anilines is 2. The molecule has 3 rings (SSSR count). The monoisotopic (exact) mass is 424 g/mol. The third kappa shape index (κ3) is 3.36. The number of fused-ring (bicyclic) bond motifs is 1. The number of likely N-dealkylation sites (N-methyl/N-ethyl adjacent to an activating group) is 1. The molecule has 132 valence electrons. The molecule has 1 unspecified atom stereocenters. The Kier molecular flexibility index (Phi) is 4.75. The highest BCUT2D eigenvalue weighted by molar-refractivity contribution is 9.10. The lowest BCUT2D eigenvalue weighted by molar-refractivity contribution is -0.126. The van der Waals surface area contributed by atoms with E-state index in [1.807, 2.05) is 6.92 Å². The van der Waals surface area contributed by atoms with Gasteiger partial charge in [0.2, 0.25) is 0 Å². The molecular formula is C17H17BrN2O4S. The number of rotatable bonds is 4. The predicted octanol–water partition coefficient (Wildman–Crippen LogP) is 3.38. The fourth-order valence-corrected chi connectivity index (χ4v) is 4.70. The van der Waals surface area contributed by atoms with Gasteiger partial charge in [-0.25, -0.2) is 8.42 Å². The molecule has 0 saturated heterocycles. The van der Waals surface area contributed by atoms with Crippen LogP contribution in [0.25, 0.3) is 0 Å².